The van der Waals surface area contributed by atoms with Crippen LogP contribution in [0, 0.1) is 5.92 Å². The maximum atomic E-state index is 9.01. The number of benzene rings is 1. The van der Waals surface area contributed by atoms with Crippen LogP contribution < -0.4 is 11.1 Å². The van der Waals surface area contributed by atoms with Crippen molar-refractivity contribution in [3.63, 3.8) is 0 Å². The van der Waals surface area contributed by atoms with Crippen LogP contribution in [0.4, 0.5) is 11.4 Å². The summed E-state index contributed by atoms with van der Waals surface area (Å²) in [7, 11) is 0. The molecule has 13 heavy (non-hydrogen) atoms. The molecule has 0 radical (unpaired) electrons. The molecule has 4 N–H and O–H groups in total. The van der Waals surface area contributed by atoms with Crippen LogP contribution in [0.15, 0.2) is 18.2 Å². The van der Waals surface area contributed by atoms with Crippen LogP contribution in [0.3, 0.4) is 0 Å². The van der Waals surface area contributed by atoms with E-state index in [2.05, 4.69) is 5.32 Å². The second-order valence-electron chi connectivity index (χ2n) is 3.55. The molecule has 70 valence electrons. The Morgan fingerprint density at radius 2 is 2.38 bits per heavy atom. The molecule has 0 saturated heterocycles. The Hall–Kier alpha value is -1.22. The molecule has 0 fully saturated rings. The van der Waals surface area contributed by atoms with Gasteiger partial charge in [-0.15, -0.1) is 0 Å². The highest BCUT2D eigenvalue weighted by molar-refractivity contribution is 5.60. The molecule has 0 aromatic heterocycles. The van der Waals surface area contributed by atoms with E-state index < -0.39 is 0 Å². The van der Waals surface area contributed by atoms with Crippen molar-refractivity contribution in [1.82, 2.24) is 0 Å². The molecule has 3 nitrogen and oxygen atoms in total. The second-order valence-corrected chi connectivity index (χ2v) is 3.55. The standard InChI is InChI=1S/C10H14N2O/c11-9-2-1-8-3-7(6-13)5-12-10(8)4-9/h1-2,4,7,12-13H,3,5-6,11H2/t7-/m1/s1. The average molecular weight is 178 g/mol. The summed E-state index contributed by atoms with van der Waals surface area (Å²) in [5.74, 6) is 0.344. The van der Waals surface area contributed by atoms with Crippen LogP contribution in [-0.2, 0) is 6.42 Å². The van der Waals surface area contributed by atoms with Gasteiger partial charge in [-0.25, -0.2) is 0 Å². The third-order valence-corrected chi connectivity index (χ3v) is 2.48. The Bertz CT molecular complexity index is 312. The maximum Gasteiger partial charge on any atom is 0.0479 e. The zero-order chi connectivity index (χ0) is 9.26. The van der Waals surface area contributed by atoms with E-state index in [1.54, 1.807) is 0 Å². The topological polar surface area (TPSA) is 58.3 Å². The molecule has 2 rings (SSSR count). The van der Waals surface area contributed by atoms with Gasteiger partial charge in [0.1, 0.15) is 0 Å². The summed E-state index contributed by atoms with van der Waals surface area (Å²) in [6.45, 7) is 1.09. The van der Waals surface area contributed by atoms with Crippen LogP contribution in [0.2, 0.25) is 0 Å². The van der Waals surface area contributed by atoms with Crippen molar-refractivity contribution in [2.75, 3.05) is 24.2 Å². The molecule has 1 aliphatic rings. The Kier molecular flexibility index (Phi) is 2.10. The van der Waals surface area contributed by atoms with Crippen molar-refractivity contribution in [2.24, 2.45) is 5.92 Å². The Balaban J connectivity index is 2.26. The number of nitrogens with one attached hydrogen (secondary N) is 1. The van der Waals surface area contributed by atoms with Gasteiger partial charge < -0.3 is 16.2 Å². The Morgan fingerprint density at radius 1 is 1.54 bits per heavy atom. The van der Waals surface area contributed by atoms with Crippen LogP contribution in [0.25, 0.3) is 0 Å². The number of nitrogens with two attached hydrogens (primary N) is 1. The van der Waals surface area contributed by atoms with E-state index in [1.807, 2.05) is 18.2 Å². The van der Waals surface area contributed by atoms with Gasteiger partial charge in [0.25, 0.3) is 0 Å². The molecule has 0 unspecified atom stereocenters. The lowest BCUT2D eigenvalue weighted by atomic mass is 9.94. The molecule has 0 aliphatic carbocycles. The fourth-order valence-corrected chi connectivity index (χ4v) is 1.70. The number of hydrogen-bond acceptors (Lipinski definition) is 3. The van der Waals surface area contributed by atoms with Crippen molar-refractivity contribution in [1.29, 1.82) is 0 Å². The van der Waals surface area contributed by atoms with Gasteiger partial charge in [0.05, 0.1) is 0 Å². The third kappa shape index (κ3) is 1.60. The van der Waals surface area contributed by atoms with E-state index in [-0.39, 0.29) is 6.61 Å². The fraction of sp³-hybridized carbons (Fsp3) is 0.400. The summed E-state index contributed by atoms with van der Waals surface area (Å²) in [5, 5.41) is 12.3. The van der Waals surface area contributed by atoms with Crippen LogP contribution in [0.1, 0.15) is 5.56 Å². The number of rotatable bonds is 1. The summed E-state index contributed by atoms with van der Waals surface area (Å²) in [4.78, 5) is 0. The number of anilines is 2. The number of aliphatic hydroxyl groups excluding tert-OH is 1. The minimum Gasteiger partial charge on any atom is -0.399 e. The lowest BCUT2D eigenvalue weighted by Crippen LogP contribution is -2.25. The molecule has 0 spiro atoms. The Morgan fingerprint density at radius 3 is 3.15 bits per heavy atom. The van der Waals surface area contributed by atoms with E-state index in [4.69, 9.17) is 10.8 Å². The van der Waals surface area contributed by atoms with E-state index >= 15 is 0 Å². The Labute approximate surface area is 77.6 Å². The zero-order valence-electron chi connectivity index (χ0n) is 7.46. The summed E-state index contributed by atoms with van der Waals surface area (Å²) in [6, 6.07) is 5.88. The number of hydrogen-bond donors (Lipinski definition) is 3. The molecular weight excluding hydrogens is 164 g/mol. The summed E-state index contributed by atoms with van der Waals surface area (Å²) in [6.07, 6.45) is 0.944. The summed E-state index contributed by atoms with van der Waals surface area (Å²) >= 11 is 0. The monoisotopic (exact) mass is 178 g/mol. The molecule has 1 aliphatic heterocycles. The highest BCUT2D eigenvalue weighted by Gasteiger charge is 2.16. The van der Waals surface area contributed by atoms with E-state index in [0.717, 1.165) is 24.3 Å². The van der Waals surface area contributed by atoms with Crippen LogP contribution in [-0.4, -0.2) is 18.3 Å². The van der Waals surface area contributed by atoms with Gasteiger partial charge in [-0.3, -0.25) is 0 Å². The van der Waals surface area contributed by atoms with E-state index in [0.29, 0.717) is 5.92 Å². The zero-order valence-corrected chi connectivity index (χ0v) is 7.46. The molecule has 0 bridgehead atoms. The number of fused-ring (bicyclic) bond motifs is 1. The molecular formula is C10H14N2O. The molecule has 1 aromatic carbocycles. The van der Waals surface area contributed by atoms with Crippen LogP contribution >= 0.6 is 0 Å². The van der Waals surface area contributed by atoms with Crippen molar-refractivity contribution in [2.45, 2.75) is 6.42 Å². The molecule has 0 amide bonds. The van der Waals surface area contributed by atoms with Crippen molar-refractivity contribution in [3.05, 3.63) is 23.8 Å². The van der Waals surface area contributed by atoms with Crippen molar-refractivity contribution < 1.29 is 5.11 Å². The van der Waals surface area contributed by atoms with Crippen molar-refractivity contribution in [3.8, 4) is 0 Å². The minimum absolute atomic E-state index is 0.247. The first-order chi connectivity index (χ1) is 6.29. The highest BCUT2D eigenvalue weighted by atomic mass is 16.3. The van der Waals surface area contributed by atoms with Gasteiger partial charge in [-0.05, 0) is 24.1 Å². The van der Waals surface area contributed by atoms with E-state index in [9.17, 15) is 0 Å². The van der Waals surface area contributed by atoms with Crippen molar-refractivity contribution >= 4 is 11.4 Å². The molecule has 1 atom stereocenters. The second kappa shape index (κ2) is 3.26. The first-order valence-corrected chi connectivity index (χ1v) is 4.52. The largest absolute Gasteiger partial charge is 0.399 e. The van der Waals surface area contributed by atoms with Gasteiger partial charge in [0.15, 0.2) is 0 Å². The SMILES string of the molecule is Nc1ccc2c(c1)NC[C@H](CO)C2. The first-order valence-electron chi connectivity index (χ1n) is 4.52. The van der Waals surface area contributed by atoms with Gasteiger partial charge in [0.2, 0.25) is 0 Å². The van der Waals surface area contributed by atoms with Gasteiger partial charge in [0, 0.05) is 30.4 Å². The minimum atomic E-state index is 0.247. The molecule has 0 saturated carbocycles. The predicted molar refractivity (Wildman–Crippen MR) is 53.6 cm³/mol. The molecule has 1 aromatic rings. The van der Waals surface area contributed by atoms with Gasteiger partial charge >= 0.3 is 0 Å². The molecule has 3 heteroatoms. The highest BCUT2D eigenvalue weighted by Crippen LogP contribution is 2.26. The third-order valence-electron chi connectivity index (χ3n) is 2.48. The van der Waals surface area contributed by atoms with Gasteiger partial charge in [-0.2, -0.15) is 0 Å². The first kappa shape index (κ1) is 8.38. The lowest BCUT2D eigenvalue weighted by Gasteiger charge is -2.24. The number of aliphatic hydroxyl groups is 1. The van der Waals surface area contributed by atoms with Gasteiger partial charge in [-0.1, -0.05) is 6.07 Å². The normalized spacial score (nSPS) is 20.5. The summed E-state index contributed by atoms with van der Waals surface area (Å²) < 4.78 is 0. The summed E-state index contributed by atoms with van der Waals surface area (Å²) in [5.41, 5.74) is 8.81. The van der Waals surface area contributed by atoms with E-state index in [1.165, 1.54) is 5.56 Å². The fourth-order valence-electron chi connectivity index (χ4n) is 1.70. The van der Waals surface area contributed by atoms with Crippen LogP contribution in [0.5, 0.6) is 0 Å². The average Bonchev–Trinajstić information content (AvgIpc) is 2.17. The predicted octanol–water partition coefficient (Wildman–Crippen LogP) is 0.845. The maximum absolute atomic E-state index is 9.01. The number of nitrogen functional groups attached to an aromatic ring is 1. The quantitative estimate of drug-likeness (QED) is 0.559. The smallest absolute Gasteiger partial charge is 0.0479 e. The molecule has 1 heterocycles. The lowest BCUT2D eigenvalue weighted by molar-refractivity contribution is 0.230.